The van der Waals surface area contributed by atoms with Crippen LogP contribution in [-0.4, -0.2) is 19.4 Å². The van der Waals surface area contributed by atoms with E-state index in [1.54, 1.807) is 12.1 Å². The third kappa shape index (κ3) is 4.52. The van der Waals surface area contributed by atoms with Gasteiger partial charge in [-0.25, -0.2) is 22.9 Å². The Hall–Kier alpha value is -2.42. The largest absolute Gasteiger partial charge is 0.334 e. The van der Waals surface area contributed by atoms with Crippen LogP contribution in [0.4, 0.5) is 9.93 Å². The summed E-state index contributed by atoms with van der Waals surface area (Å²) >= 11 is 7.43. The molecule has 0 saturated carbocycles. The molecule has 0 atom stereocenters. The van der Waals surface area contributed by atoms with Crippen molar-refractivity contribution in [1.82, 2.24) is 9.71 Å². The molecule has 146 valence electrons. The van der Waals surface area contributed by atoms with Gasteiger partial charge >= 0.3 is 6.03 Å². The second-order valence-corrected chi connectivity index (χ2v) is 9.55. The molecule has 1 aromatic heterocycles. The molecule has 2 amide bonds. The number of amides is 2. The van der Waals surface area contributed by atoms with Gasteiger partial charge in [0.15, 0.2) is 5.13 Å². The molecule has 2 N–H and O–H groups in total. The van der Waals surface area contributed by atoms with E-state index in [2.05, 4.69) is 10.3 Å². The van der Waals surface area contributed by atoms with E-state index in [4.69, 9.17) is 11.6 Å². The fourth-order valence-corrected chi connectivity index (χ4v) is 4.40. The lowest BCUT2D eigenvalue weighted by Gasteiger charge is -2.07. The van der Waals surface area contributed by atoms with Crippen molar-refractivity contribution in [2.75, 3.05) is 5.32 Å². The van der Waals surface area contributed by atoms with Crippen LogP contribution in [-0.2, 0) is 10.0 Å². The third-order valence-corrected chi connectivity index (χ3v) is 6.66. The number of thiazole rings is 1. The van der Waals surface area contributed by atoms with Crippen LogP contribution in [0.15, 0.2) is 47.4 Å². The number of halogens is 1. The van der Waals surface area contributed by atoms with Gasteiger partial charge in [-0.15, -0.1) is 11.3 Å². The molecule has 28 heavy (non-hydrogen) atoms. The standard InChI is InChI=1S/C19H18ClN3O3S2/c1-11-4-8-15(9-5-11)28(25,26)23-18(24)22-19-21-17(13(3)27-19)14-7-6-12(2)16(20)10-14/h4-10H,1-3H3,(H2,21,22,23,24). The Morgan fingerprint density at radius 1 is 1.07 bits per heavy atom. The van der Waals surface area contributed by atoms with Crippen LogP contribution in [0.25, 0.3) is 11.3 Å². The molecule has 0 aliphatic heterocycles. The van der Waals surface area contributed by atoms with E-state index in [1.807, 2.05) is 43.7 Å². The minimum atomic E-state index is -3.96. The molecule has 0 aliphatic carbocycles. The fraction of sp³-hybridized carbons (Fsp3) is 0.158. The number of benzene rings is 2. The molecule has 6 nitrogen and oxygen atoms in total. The highest BCUT2D eigenvalue weighted by Gasteiger charge is 2.19. The third-order valence-electron chi connectivity index (χ3n) is 4.02. The molecular weight excluding hydrogens is 418 g/mol. The van der Waals surface area contributed by atoms with Crippen molar-refractivity contribution in [3.8, 4) is 11.3 Å². The van der Waals surface area contributed by atoms with E-state index >= 15 is 0 Å². The zero-order valence-electron chi connectivity index (χ0n) is 15.4. The summed E-state index contributed by atoms with van der Waals surface area (Å²) in [6, 6.07) is 10.9. The van der Waals surface area contributed by atoms with Crippen LogP contribution in [0, 0.1) is 20.8 Å². The van der Waals surface area contributed by atoms with Gasteiger partial charge in [0.05, 0.1) is 10.6 Å². The molecule has 0 saturated heterocycles. The monoisotopic (exact) mass is 435 g/mol. The number of nitrogens with one attached hydrogen (secondary N) is 2. The van der Waals surface area contributed by atoms with E-state index < -0.39 is 16.1 Å². The van der Waals surface area contributed by atoms with E-state index in [-0.39, 0.29) is 4.90 Å². The van der Waals surface area contributed by atoms with Crippen molar-refractivity contribution in [2.45, 2.75) is 25.7 Å². The Morgan fingerprint density at radius 3 is 2.39 bits per heavy atom. The minimum absolute atomic E-state index is 0.0126. The predicted molar refractivity (Wildman–Crippen MR) is 113 cm³/mol. The van der Waals surface area contributed by atoms with Crippen molar-refractivity contribution >= 4 is 44.1 Å². The topological polar surface area (TPSA) is 88.2 Å². The number of aromatic nitrogens is 1. The smallest absolute Gasteiger partial charge is 0.283 e. The first-order chi connectivity index (χ1) is 13.2. The summed E-state index contributed by atoms with van der Waals surface area (Å²) in [6.45, 7) is 5.62. The summed E-state index contributed by atoms with van der Waals surface area (Å²) in [5.41, 5.74) is 3.39. The summed E-state index contributed by atoms with van der Waals surface area (Å²) in [5.74, 6) is 0. The molecule has 0 unspecified atom stereocenters. The summed E-state index contributed by atoms with van der Waals surface area (Å²) in [7, 11) is -3.96. The van der Waals surface area contributed by atoms with Crippen LogP contribution < -0.4 is 10.0 Å². The highest BCUT2D eigenvalue weighted by Crippen LogP contribution is 2.32. The summed E-state index contributed by atoms with van der Waals surface area (Å²) in [6.07, 6.45) is 0. The number of carbonyl (C=O) groups excluding carboxylic acids is 1. The van der Waals surface area contributed by atoms with E-state index in [9.17, 15) is 13.2 Å². The van der Waals surface area contributed by atoms with Crippen molar-refractivity contribution < 1.29 is 13.2 Å². The van der Waals surface area contributed by atoms with E-state index in [1.165, 1.54) is 23.5 Å². The molecule has 0 fully saturated rings. The van der Waals surface area contributed by atoms with Gasteiger partial charge in [0.2, 0.25) is 0 Å². The maximum absolute atomic E-state index is 12.3. The van der Waals surface area contributed by atoms with Gasteiger partial charge < -0.3 is 0 Å². The highest BCUT2D eigenvalue weighted by atomic mass is 35.5. The van der Waals surface area contributed by atoms with Gasteiger partial charge in [0.25, 0.3) is 10.0 Å². The fourth-order valence-electron chi connectivity index (χ4n) is 2.48. The summed E-state index contributed by atoms with van der Waals surface area (Å²) in [5, 5.41) is 3.40. The molecule has 0 radical (unpaired) electrons. The van der Waals surface area contributed by atoms with Gasteiger partial charge in [-0.1, -0.05) is 41.4 Å². The molecule has 9 heteroatoms. The van der Waals surface area contributed by atoms with Crippen molar-refractivity contribution in [2.24, 2.45) is 0 Å². The molecule has 0 spiro atoms. The average Bonchev–Trinajstić information content (AvgIpc) is 2.97. The SMILES string of the molecule is Cc1ccc(S(=O)(=O)NC(=O)Nc2nc(-c3ccc(C)c(Cl)c3)c(C)s2)cc1. The number of nitrogens with zero attached hydrogens (tertiary/aromatic N) is 1. The van der Waals surface area contributed by atoms with Gasteiger partial charge in [-0.05, 0) is 44.5 Å². The first kappa shape index (κ1) is 20.3. The Labute approximate surface area is 172 Å². The zero-order chi connectivity index (χ0) is 20.5. The van der Waals surface area contributed by atoms with Crippen LogP contribution in [0.2, 0.25) is 5.02 Å². The van der Waals surface area contributed by atoms with Gasteiger partial charge in [0, 0.05) is 15.5 Å². The normalized spacial score (nSPS) is 11.3. The maximum Gasteiger partial charge on any atom is 0.334 e. The first-order valence-electron chi connectivity index (χ1n) is 8.30. The van der Waals surface area contributed by atoms with E-state index in [0.29, 0.717) is 15.8 Å². The zero-order valence-corrected chi connectivity index (χ0v) is 17.8. The Bertz CT molecular complexity index is 1140. The second kappa shape index (κ2) is 7.90. The van der Waals surface area contributed by atoms with Crippen molar-refractivity contribution in [3.05, 3.63) is 63.5 Å². The molecule has 2 aromatic carbocycles. The van der Waals surface area contributed by atoms with Crippen LogP contribution in [0.5, 0.6) is 0 Å². The Kier molecular flexibility index (Phi) is 5.74. The number of aryl methyl sites for hydroxylation is 3. The quantitative estimate of drug-likeness (QED) is 0.610. The number of anilines is 1. The van der Waals surface area contributed by atoms with Crippen molar-refractivity contribution in [3.63, 3.8) is 0 Å². The lowest BCUT2D eigenvalue weighted by atomic mass is 10.1. The molecule has 0 bridgehead atoms. The first-order valence-corrected chi connectivity index (χ1v) is 11.0. The minimum Gasteiger partial charge on any atom is -0.283 e. The predicted octanol–water partition coefficient (Wildman–Crippen LogP) is 4.90. The maximum atomic E-state index is 12.3. The lowest BCUT2D eigenvalue weighted by molar-refractivity contribution is 0.256. The second-order valence-electron chi connectivity index (χ2n) is 6.26. The highest BCUT2D eigenvalue weighted by molar-refractivity contribution is 7.90. The molecular formula is C19H18ClN3O3S2. The van der Waals surface area contributed by atoms with E-state index in [0.717, 1.165) is 21.6 Å². The van der Waals surface area contributed by atoms with Crippen LogP contribution >= 0.6 is 22.9 Å². The summed E-state index contributed by atoms with van der Waals surface area (Å²) < 4.78 is 26.6. The molecule has 3 rings (SSSR count). The molecule has 1 heterocycles. The average molecular weight is 436 g/mol. The lowest BCUT2D eigenvalue weighted by Crippen LogP contribution is -2.34. The van der Waals surface area contributed by atoms with Gasteiger partial charge in [-0.3, -0.25) is 5.32 Å². The van der Waals surface area contributed by atoms with Gasteiger partial charge in [0.1, 0.15) is 0 Å². The summed E-state index contributed by atoms with van der Waals surface area (Å²) in [4.78, 5) is 17.5. The number of urea groups is 1. The molecule has 0 aliphatic rings. The number of sulfonamides is 1. The Morgan fingerprint density at radius 2 is 1.75 bits per heavy atom. The Balaban J connectivity index is 1.76. The van der Waals surface area contributed by atoms with Crippen LogP contribution in [0.1, 0.15) is 16.0 Å². The molecule has 3 aromatic rings. The number of hydrogen-bond donors (Lipinski definition) is 2. The van der Waals surface area contributed by atoms with Crippen molar-refractivity contribution in [1.29, 1.82) is 0 Å². The van der Waals surface area contributed by atoms with Gasteiger partial charge in [-0.2, -0.15) is 0 Å². The van der Waals surface area contributed by atoms with Crippen LogP contribution in [0.3, 0.4) is 0 Å². The number of carbonyl (C=O) groups is 1. The number of rotatable bonds is 4. The number of hydrogen-bond acceptors (Lipinski definition) is 5.